The molecule has 0 aliphatic heterocycles. The second kappa shape index (κ2) is 8.40. The Bertz CT molecular complexity index is 693. The summed E-state index contributed by atoms with van der Waals surface area (Å²) in [6.45, 7) is 0.590. The van der Waals surface area contributed by atoms with Crippen molar-refractivity contribution in [2.45, 2.75) is 6.54 Å². The van der Waals surface area contributed by atoms with Crippen molar-refractivity contribution in [1.29, 1.82) is 0 Å². The summed E-state index contributed by atoms with van der Waals surface area (Å²) in [7, 11) is 6.37. The standard InChI is InChI=1S/C18H21NO4S/c1-20-14-7-5-6-12(8-14)11-19-18(24)13-9-15(21-2)17(23-4)16(10-13)22-3/h5-10H,11H2,1-4H3,(H,19,24). The molecule has 24 heavy (non-hydrogen) atoms. The maximum Gasteiger partial charge on any atom is 0.203 e. The number of hydrogen-bond donors (Lipinski definition) is 1. The Morgan fingerprint density at radius 3 is 2.12 bits per heavy atom. The molecular weight excluding hydrogens is 326 g/mol. The molecule has 2 aromatic carbocycles. The molecule has 0 aliphatic carbocycles. The Balaban J connectivity index is 2.17. The van der Waals surface area contributed by atoms with Crippen LogP contribution in [-0.2, 0) is 6.54 Å². The van der Waals surface area contributed by atoms with Gasteiger partial charge in [-0.1, -0.05) is 24.4 Å². The molecule has 0 amide bonds. The Labute approximate surface area is 147 Å². The van der Waals surface area contributed by atoms with Crippen LogP contribution in [0, 0.1) is 0 Å². The van der Waals surface area contributed by atoms with Gasteiger partial charge in [-0.25, -0.2) is 0 Å². The molecule has 0 atom stereocenters. The molecule has 0 heterocycles. The highest BCUT2D eigenvalue weighted by Crippen LogP contribution is 2.38. The molecule has 128 valence electrons. The fourth-order valence-corrected chi connectivity index (χ4v) is 2.47. The van der Waals surface area contributed by atoms with Crippen LogP contribution >= 0.6 is 12.2 Å². The lowest BCUT2D eigenvalue weighted by atomic mass is 10.1. The van der Waals surface area contributed by atoms with E-state index in [1.54, 1.807) is 28.4 Å². The lowest BCUT2D eigenvalue weighted by Gasteiger charge is -2.15. The first kappa shape index (κ1) is 17.9. The van der Waals surface area contributed by atoms with Crippen molar-refractivity contribution in [2.75, 3.05) is 28.4 Å². The lowest BCUT2D eigenvalue weighted by molar-refractivity contribution is 0.324. The maximum absolute atomic E-state index is 5.48. The van der Waals surface area contributed by atoms with Gasteiger partial charge in [0, 0.05) is 12.1 Å². The second-order valence-electron chi connectivity index (χ2n) is 4.95. The van der Waals surface area contributed by atoms with Crippen LogP contribution in [0.15, 0.2) is 36.4 Å². The Morgan fingerprint density at radius 1 is 0.917 bits per heavy atom. The molecule has 2 rings (SSSR count). The molecule has 0 aromatic heterocycles. The van der Waals surface area contributed by atoms with E-state index < -0.39 is 0 Å². The highest BCUT2D eigenvalue weighted by atomic mass is 32.1. The third-order valence-corrected chi connectivity index (χ3v) is 3.89. The van der Waals surface area contributed by atoms with E-state index in [1.807, 2.05) is 36.4 Å². The molecule has 0 aliphatic rings. The second-order valence-corrected chi connectivity index (χ2v) is 5.36. The highest BCUT2D eigenvalue weighted by Gasteiger charge is 2.15. The summed E-state index contributed by atoms with van der Waals surface area (Å²) >= 11 is 5.48. The largest absolute Gasteiger partial charge is 0.497 e. The van der Waals surface area contributed by atoms with Crippen molar-refractivity contribution < 1.29 is 18.9 Å². The molecule has 0 bridgehead atoms. The minimum Gasteiger partial charge on any atom is -0.497 e. The van der Waals surface area contributed by atoms with E-state index in [0.29, 0.717) is 28.8 Å². The van der Waals surface area contributed by atoms with Crippen LogP contribution in [0.2, 0.25) is 0 Å². The van der Waals surface area contributed by atoms with Crippen LogP contribution in [0.4, 0.5) is 0 Å². The van der Waals surface area contributed by atoms with Gasteiger partial charge in [-0.15, -0.1) is 0 Å². The molecule has 0 saturated carbocycles. The summed E-state index contributed by atoms with van der Waals surface area (Å²) in [4.78, 5) is 0.595. The van der Waals surface area contributed by atoms with E-state index in [2.05, 4.69) is 5.32 Å². The number of benzene rings is 2. The van der Waals surface area contributed by atoms with Gasteiger partial charge in [0.1, 0.15) is 10.7 Å². The highest BCUT2D eigenvalue weighted by molar-refractivity contribution is 7.80. The van der Waals surface area contributed by atoms with E-state index in [-0.39, 0.29) is 0 Å². The molecule has 0 unspecified atom stereocenters. The van der Waals surface area contributed by atoms with E-state index in [9.17, 15) is 0 Å². The molecule has 0 fully saturated rings. The van der Waals surface area contributed by atoms with E-state index >= 15 is 0 Å². The molecule has 0 radical (unpaired) electrons. The van der Waals surface area contributed by atoms with Gasteiger partial charge in [0.05, 0.1) is 28.4 Å². The SMILES string of the molecule is COc1cccc(CNC(=S)c2cc(OC)c(OC)c(OC)c2)c1. The van der Waals surface area contributed by atoms with Crippen molar-refractivity contribution >= 4 is 17.2 Å². The van der Waals surface area contributed by atoms with Gasteiger partial charge in [0.15, 0.2) is 11.5 Å². The predicted molar refractivity (Wildman–Crippen MR) is 97.6 cm³/mol. The van der Waals surface area contributed by atoms with Crippen molar-refractivity contribution in [2.24, 2.45) is 0 Å². The average molecular weight is 347 g/mol. The van der Waals surface area contributed by atoms with E-state index in [1.165, 1.54) is 0 Å². The van der Waals surface area contributed by atoms with Crippen LogP contribution in [-0.4, -0.2) is 33.4 Å². The zero-order valence-corrected chi connectivity index (χ0v) is 15.0. The summed E-state index contributed by atoms with van der Waals surface area (Å²) in [5, 5.41) is 3.23. The number of rotatable bonds is 7. The smallest absolute Gasteiger partial charge is 0.203 e. The summed E-state index contributed by atoms with van der Waals surface area (Å²) in [5.74, 6) is 2.49. The van der Waals surface area contributed by atoms with Gasteiger partial charge in [-0.05, 0) is 29.8 Å². The number of ether oxygens (including phenoxy) is 4. The molecule has 0 saturated heterocycles. The van der Waals surface area contributed by atoms with E-state index in [0.717, 1.165) is 16.9 Å². The lowest BCUT2D eigenvalue weighted by Crippen LogP contribution is -2.21. The normalized spacial score (nSPS) is 10.0. The van der Waals surface area contributed by atoms with Crippen molar-refractivity contribution in [1.82, 2.24) is 5.32 Å². The number of nitrogens with one attached hydrogen (secondary N) is 1. The quantitative estimate of drug-likeness (QED) is 0.777. The summed E-state index contributed by atoms with van der Waals surface area (Å²) < 4.78 is 21.3. The summed E-state index contributed by atoms with van der Waals surface area (Å²) in [6.07, 6.45) is 0. The zero-order chi connectivity index (χ0) is 17.5. The van der Waals surface area contributed by atoms with Crippen LogP contribution in [0.5, 0.6) is 23.0 Å². The van der Waals surface area contributed by atoms with Crippen molar-refractivity contribution in [3.8, 4) is 23.0 Å². The summed E-state index contributed by atoms with van der Waals surface area (Å²) in [6, 6.07) is 11.5. The minimum atomic E-state index is 0.541. The van der Waals surface area contributed by atoms with Crippen LogP contribution in [0.25, 0.3) is 0 Å². The zero-order valence-electron chi connectivity index (χ0n) is 14.2. The monoisotopic (exact) mass is 347 g/mol. The topological polar surface area (TPSA) is 49.0 Å². The Kier molecular flexibility index (Phi) is 6.26. The maximum atomic E-state index is 5.48. The third kappa shape index (κ3) is 4.08. The average Bonchev–Trinajstić information content (AvgIpc) is 2.64. The third-order valence-electron chi connectivity index (χ3n) is 3.51. The first-order valence-electron chi connectivity index (χ1n) is 7.34. The van der Waals surface area contributed by atoms with Crippen molar-refractivity contribution in [3.05, 3.63) is 47.5 Å². The fourth-order valence-electron chi connectivity index (χ4n) is 2.28. The summed E-state index contributed by atoms with van der Waals surface area (Å²) in [5.41, 5.74) is 1.87. The minimum absolute atomic E-state index is 0.541. The molecule has 5 nitrogen and oxygen atoms in total. The molecule has 1 N–H and O–H groups in total. The predicted octanol–water partition coefficient (Wildman–Crippen LogP) is 3.19. The van der Waals surface area contributed by atoms with Crippen LogP contribution < -0.4 is 24.3 Å². The fraction of sp³-hybridized carbons (Fsp3) is 0.278. The molecular formula is C18H21NO4S. The van der Waals surface area contributed by atoms with Gasteiger partial charge < -0.3 is 24.3 Å². The number of methoxy groups -OCH3 is 4. The van der Waals surface area contributed by atoms with Crippen LogP contribution in [0.1, 0.15) is 11.1 Å². The number of hydrogen-bond acceptors (Lipinski definition) is 5. The first-order valence-corrected chi connectivity index (χ1v) is 7.75. The van der Waals surface area contributed by atoms with Crippen molar-refractivity contribution in [3.63, 3.8) is 0 Å². The Hall–Kier alpha value is -2.47. The first-order chi connectivity index (χ1) is 11.6. The molecule has 6 heteroatoms. The van der Waals surface area contributed by atoms with Gasteiger partial charge >= 0.3 is 0 Å². The molecule has 2 aromatic rings. The van der Waals surface area contributed by atoms with Gasteiger partial charge in [-0.2, -0.15) is 0 Å². The van der Waals surface area contributed by atoms with E-state index in [4.69, 9.17) is 31.2 Å². The van der Waals surface area contributed by atoms with Crippen LogP contribution in [0.3, 0.4) is 0 Å². The van der Waals surface area contributed by atoms with Gasteiger partial charge in [-0.3, -0.25) is 0 Å². The Morgan fingerprint density at radius 2 is 1.58 bits per heavy atom. The van der Waals surface area contributed by atoms with Gasteiger partial charge in [0.25, 0.3) is 0 Å². The molecule has 0 spiro atoms. The number of thiocarbonyl (C=S) groups is 1. The van der Waals surface area contributed by atoms with Gasteiger partial charge in [0.2, 0.25) is 5.75 Å².